The molecular weight excluding hydrogens is 391 g/mol. The second-order valence-corrected chi connectivity index (χ2v) is 7.23. The first kappa shape index (κ1) is 20.4. The van der Waals surface area contributed by atoms with Crippen LogP contribution in [0.4, 0.5) is 10.1 Å². The number of aliphatic hydroxyl groups is 1. The molecule has 0 aliphatic heterocycles. The van der Waals surface area contributed by atoms with Crippen molar-refractivity contribution in [1.82, 2.24) is 15.8 Å². The van der Waals surface area contributed by atoms with Crippen LogP contribution in [0.5, 0.6) is 0 Å². The van der Waals surface area contributed by atoms with Crippen LogP contribution < -0.4 is 5.48 Å². The van der Waals surface area contributed by atoms with E-state index in [9.17, 15) is 19.5 Å². The lowest BCUT2D eigenvalue weighted by atomic mass is 9.84. The van der Waals surface area contributed by atoms with Gasteiger partial charge in [-0.15, -0.1) is 0 Å². The number of Topliss-reactive ketones (excluding diaryl/α,β-unsaturated/α-hetero) is 1. The van der Waals surface area contributed by atoms with Gasteiger partial charge in [-0.05, 0) is 55.0 Å². The maximum Gasteiger partial charge on any atom is 0.182 e. The van der Waals surface area contributed by atoms with Crippen LogP contribution in [0, 0.1) is 11.7 Å². The van der Waals surface area contributed by atoms with Crippen molar-refractivity contribution >= 4 is 28.9 Å². The van der Waals surface area contributed by atoms with E-state index in [4.69, 9.17) is 16.2 Å². The monoisotopic (exact) mass is 410 g/mol. The molecule has 3 rings (SSSR count). The minimum Gasteiger partial charge on any atom is -0.393 e. The lowest BCUT2D eigenvalue weighted by molar-refractivity contribution is -0.119. The molecule has 0 radical (unpaired) electrons. The Kier molecular flexibility index (Phi) is 6.71. The molecule has 10 heteroatoms. The van der Waals surface area contributed by atoms with Gasteiger partial charge in [0.1, 0.15) is 17.3 Å². The lowest BCUT2D eigenvalue weighted by Crippen LogP contribution is -2.24. The molecule has 0 unspecified atom stereocenters. The summed E-state index contributed by atoms with van der Waals surface area (Å²) < 4.78 is 18.0. The van der Waals surface area contributed by atoms with Crippen molar-refractivity contribution in [2.75, 3.05) is 0 Å². The molecule has 1 fully saturated rings. The number of aliphatic imine (C=N–C) groups is 1. The van der Waals surface area contributed by atoms with Gasteiger partial charge < -0.3 is 5.11 Å². The van der Waals surface area contributed by atoms with E-state index in [1.165, 1.54) is 12.1 Å². The topological polar surface area (TPSA) is 121 Å². The van der Waals surface area contributed by atoms with E-state index < -0.39 is 5.82 Å². The summed E-state index contributed by atoms with van der Waals surface area (Å²) in [5.74, 6) is -0.499. The van der Waals surface area contributed by atoms with Gasteiger partial charge in [-0.2, -0.15) is 0 Å². The molecule has 0 bridgehead atoms. The van der Waals surface area contributed by atoms with Crippen molar-refractivity contribution in [3.63, 3.8) is 0 Å². The Bertz CT molecular complexity index is 865. The summed E-state index contributed by atoms with van der Waals surface area (Å²) in [7, 11) is 0. The van der Waals surface area contributed by atoms with E-state index in [0.29, 0.717) is 19.3 Å². The normalized spacial score (nSPS) is 20.2. The van der Waals surface area contributed by atoms with Crippen LogP contribution in [-0.4, -0.2) is 38.3 Å². The number of halogens is 2. The van der Waals surface area contributed by atoms with E-state index >= 15 is 0 Å². The molecule has 0 saturated heterocycles. The van der Waals surface area contributed by atoms with Gasteiger partial charge in [0.15, 0.2) is 11.5 Å². The van der Waals surface area contributed by atoms with Gasteiger partial charge in [-0.25, -0.2) is 14.0 Å². The predicted molar refractivity (Wildman–Crippen MR) is 98.1 cm³/mol. The van der Waals surface area contributed by atoms with Crippen LogP contribution in [0.2, 0.25) is 5.02 Å². The third-order valence-electron chi connectivity index (χ3n) is 4.73. The highest BCUT2D eigenvalue weighted by atomic mass is 35.5. The van der Waals surface area contributed by atoms with Gasteiger partial charge in [-0.1, -0.05) is 16.8 Å². The summed E-state index contributed by atoms with van der Waals surface area (Å²) in [6, 6.07) is 3.79. The van der Waals surface area contributed by atoms with Gasteiger partial charge in [0.05, 0.1) is 23.2 Å². The van der Waals surface area contributed by atoms with Gasteiger partial charge >= 0.3 is 0 Å². The number of hydroxylamine groups is 1. The first-order valence-electron chi connectivity index (χ1n) is 8.91. The number of carbonyl (C=O) groups excluding carboxylic acids is 1. The van der Waals surface area contributed by atoms with Crippen LogP contribution in [0.3, 0.4) is 0 Å². The van der Waals surface area contributed by atoms with E-state index in [-0.39, 0.29) is 52.2 Å². The van der Waals surface area contributed by atoms with Crippen molar-refractivity contribution in [3.8, 4) is 0 Å². The van der Waals surface area contributed by atoms with Crippen LogP contribution >= 0.6 is 11.6 Å². The van der Waals surface area contributed by atoms with Crippen molar-refractivity contribution in [2.45, 2.75) is 44.6 Å². The number of rotatable bonds is 6. The largest absolute Gasteiger partial charge is 0.393 e. The Balaban J connectivity index is 1.71. The molecule has 0 spiro atoms. The SMILES string of the molecule is O=C(Cc1nonc1C(=Nc1ccc(F)c(Cl)c1)NO)CC1CCC(O)CC1. The number of amidine groups is 1. The third-order valence-corrected chi connectivity index (χ3v) is 5.02. The zero-order valence-electron chi connectivity index (χ0n) is 14.9. The zero-order chi connectivity index (χ0) is 20.1. The number of hydrogen-bond acceptors (Lipinski definition) is 7. The highest BCUT2D eigenvalue weighted by Gasteiger charge is 2.24. The fourth-order valence-corrected chi connectivity index (χ4v) is 3.42. The number of nitrogens with one attached hydrogen (secondary N) is 1. The molecule has 0 atom stereocenters. The van der Waals surface area contributed by atoms with Crippen molar-refractivity contribution in [3.05, 3.63) is 40.4 Å². The van der Waals surface area contributed by atoms with Gasteiger partial charge in [0.2, 0.25) is 0 Å². The molecule has 1 aliphatic rings. The van der Waals surface area contributed by atoms with Crippen LogP contribution in [0.15, 0.2) is 27.8 Å². The third kappa shape index (κ3) is 5.12. The number of ketones is 1. The molecule has 28 heavy (non-hydrogen) atoms. The zero-order valence-corrected chi connectivity index (χ0v) is 15.7. The second-order valence-electron chi connectivity index (χ2n) is 6.82. The molecule has 2 aromatic rings. The summed E-state index contributed by atoms with van der Waals surface area (Å²) in [5.41, 5.74) is 2.48. The van der Waals surface area contributed by atoms with Crippen LogP contribution in [0.1, 0.15) is 43.5 Å². The van der Waals surface area contributed by atoms with E-state index in [1.807, 2.05) is 5.48 Å². The van der Waals surface area contributed by atoms with Crippen molar-refractivity contribution in [1.29, 1.82) is 0 Å². The average molecular weight is 411 g/mol. The molecule has 3 N–H and O–H groups in total. The fourth-order valence-electron chi connectivity index (χ4n) is 3.25. The van der Waals surface area contributed by atoms with Crippen LogP contribution in [0.25, 0.3) is 0 Å². The lowest BCUT2D eigenvalue weighted by Gasteiger charge is -2.24. The Morgan fingerprint density at radius 2 is 2.07 bits per heavy atom. The molecule has 0 amide bonds. The molecule has 8 nitrogen and oxygen atoms in total. The highest BCUT2D eigenvalue weighted by Crippen LogP contribution is 2.27. The second kappa shape index (κ2) is 9.22. The quantitative estimate of drug-likeness (QED) is 0.380. The maximum absolute atomic E-state index is 13.3. The van der Waals surface area contributed by atoms with E-state index in [1.54, 1.807) is 0 Å². The Hall–Kier alpha value is -2.36. The van der Waals surface area contributed by atoms with Gasteiger partial charge in [0, 0.05) is 6.42 Å². The van der Waals surface area contributed by atoms with Crippen molar-refractivity contribution in [2.24, 2.45) is 10.9 Å². The van der Waals surface area contributed by atoms with Crippen LogP contribution in [-0.2, 0) is 11.2 Å². The minimum absolute atomic E-state index is 0.0250. The standard InChI is InChI=1S/C18H20ClFN4O4/c19-14-8-11(3-6-15(14)20)21-18(22-27)17-16(23-28-24-17)9-13(26)7-10-1-4-12(25)5-2-10/h3,6,8,10,12,25,27H,1-2,4-5,7,9H2,(H,21,22). The molecule has 1 saturated carbocycles. The molecule has 1 aromatic heterocycles. The van der Waals surface area contributed by atoms with E-state index in [2.05, 4.69) is 15.3 Å². The van der Waals surface area contributed by atoms with Gasteiger partial charge in [0.25, 0.3) is 0 Å². The molecule has 1 aliphatic carbocycles. The first-order chi connectivity index (χ1) is 13.5. The fraction of sp³-hybridized carbons (Fsp3) is 0.444. The molecular formula is C18H20ClFN4O4. The number of aromatic nitrogens is 2. The number of hydrogen-bond donors (Lipinski definition) is 3. The predicted octanol–water partition coefficient (Wildman–Crippen LogP) is 2.97. The Morgan fingerprint density at radius 1 is 1.32 bits per heavy atom. The van der Waals surface area contributed by atoms with E-state index in [0.717, 1.165) is 18.9 Å². The highest BCUT2D eigenvalue weighted by molar-refractivity contribution is 6.31. The number of carbonyl (C=O) groups is 1. The summed E-state index contributed by atoms with van der Waals surface area (Å²) in [5, 5.41) is 26.3. The summed E-state index contributed by atoms with van der Waals surface area (Å²) in [4.78, 5) is 16.5. The summed E-state index contributed by atoms with van der Waals surface area (Å²) >= 11 is 5.73. The minimum atomic E-state index is -0.594. The van der Waals surface area contributed by atoms with Gasteiger partial charge in [-0.3, -0.25) is 15.5 Å². The smallest absolute Gasteiger partial charge is 0.182 e. The molecule has 1 heterocycles. The Labute approximate surface area is 165 Å². The summed E-state index contributed by atoms with van der Waals surface area (Å²) in [6.45, 7) is 0. The molecule has 1 aromatic carbocycles. The first-order valence-corrected chi connectivity index (χ1v) is 9.29. The number of aliphatic hydroxyl groups excluding tert-OH is 1. The Morgan fingerprint density at radius 3 is 2.75 bits per heavy atom. The summed E-state index contributed by atoms with van der Waals surface area (Å²) in [6.07, 6.45) is 3.13. The maximum atomic E-state index is 13.3. The van der Waals surface area contributed by atoms with Crippen molar-refractivity contribution < 1.29 is 24.1 Å². The molecule has 150 valence electrons. The number of nitrogens with zero attached hydrogens (tertiary/aromatic N) is 3. The average Bonchev–Trinajstić information content (AvgIpc) is 3.12. The number of benzene rings is 1.